The molecule has 2 aromatic carbocycles. The third-order valence-corrected chi connectivity index (χ3v) is 5.81. The molecule has 0 N–H and O–H groups in total. The normalized spacial score (nSPS) is 14.8. The molecule has 4 heteroatoms. The Bertz CT molecular complexity index is 819. The van der Waals surface area contributed by atoms with Gasteiger partial charge in [0.25, 0.3) is 0 Å². The summed E-state index contributed by atoms with van der Waals surface area (Å²) in [6, 6.07) is 16.1. The van der Waals surface area contributed by atoms with Gasteiger partial charge in [0.1, 0.15) is 0 Å². The number of aliphatic imine (C=N–C) groups is 1. The minimum atomic E-state index is 0.202. The molecule has 0 saturated heterocycles. The van der Waals surface area contributed by atoms with Crippen molar-refractivity contribution in [3.8, 4) is 0 Å². The van der Waals surface area contributed by atoms with Gasteiger partial charge in [-0.2, -0.15) is 0 Å². The van der Waals surface area contributed by atoms with Crippen molar-refractivity contribution in [2.24, 2.45) is 4.99 Å². The van der Waals surface area contributed by atoms with Crippen molar-refractivity contribution in [1.29, 1.82) is 0 Å². The number of hydrogen-bond donors (Lipinski definition) is 0. The molecule has 1 heterocycles. The third kappa shape index (κ3) is 4.01. The molecule has 150 valence electrons. The van der Waals surface area contributed by atoms with Gasteiger partial charge in [-0.25, -0.2) is 0 Å². The molecule has 0 saturated carbocycles. The van der Waals surface area contributed by atoms with E-state index < -0.39 is 0 Å². The number of benzene rings is 2. The topological polar surface area (TPSA) is 22.1 Å². The molecule has 2 aromatic rings. The number of nitrogens with zero attached hydrogens (tertiary/aromatic N) is 4. The molecule has 28 heavy (non-hydrogen) atoms. The highest BCUT2D eigenvalue weighted by molar-refractivity contribution is 5.82. The van der Waals surface area contributed by atoms with Crippen molar-refractivity contribution in [1.82, 2.24) is 4.90 Å². The average Bonchev–Trinajstić information content (AvgIpc) is 3.10. The molecule has 0 aromatic heterocycles. The minimum absolute atomic E-state index is 0.202. The van der Waals surface area contributed by atoms with Gasteiger partial charge in [0, 0.05) is 45.1 Å². The summed E-state index contributed by atoms with van der Waals surface area (Å²) in [6.45, 7) is 12.7. The van der Waals surface area contributed by atoms with Crippen LogP contribution in [0.1, 0.15) is 43.5 Å². The molecule has 4 nitrogen and oxygen atoms in total. The van der Waals surface area contributed by atoms with Gasteiger partial charge in [0.2, 0.25) is 0 Å². The summed E-state index contributed by atoms with van der Waals surface area (Å²) >= 11 is 0. The molecule has 1 atom stereocenters. The second kappa shape index (κ2) is 8.68. The second-order valence-electron chi connectivity index (χ2n) is 7.72. The summed E-state index contributed by atoms with van der Waals surface area (Å²) < 4.78 is 0. The van der Waals surface area contributed by atoms with Crippen LogP contribution in [0, 0.1) is 6.92 Å². The largest absolute Gasteiger partial charge is 0.378 e. The van der Waals surface area contributed by atoms with E-state index in [1.165, 1.54) is 28.1 Å². The van der Waals surface area contributed by atoms with E-state index in [1.807, 2.05) is 0 Å². The first kappa shape index (κ1) is 20.2. The van der Waals surface area contributed by atoms with Crippen molar-refractivity contribution in [3.63, 3.8) is 0 Å². The number of amidine groups is 1. The smallest absolute Gasteiger partial charge is 0.0966 e. The number of anilines is 2. The lowest BCUT2D eigenvalue weighted by molar-refractivity contribution is 0.386. The van der Waals surface area contributed by atoms with Crippen LogP contribution in [-0.2, 0) is 0 Å². The molecule has 0 fully saturated rings. The van der Waals surface area contributed by atoms with Gasteiger partial charge in [-0.3, -0.25) is 4.99 Å². The van der Waals surface area contributed by atoms with Gasteiger partial charge in [-0.15, -0.1) is 0 Å². The predicted molar refractivity (Wildman–Crippen MR) is 122 cm³/mol. The molecule has 0 amide bonds. The zero-order valence-corrected chi connectivity index (χ0v) is 18.2. The van der Waals surface area contributed by atoms with Crippen LogP contribution in [0.3, 0.4) is 0 Å². The van der Waals surface area contributed by atoms with Crippen LogP contribution >= 0.6 is 0 Å². The Balaban J connectivity index is 2.03. The Morgan fingerprint density at radius 1 is 0.964 bits per heavy atom. The fraction of sp³-hybridized carbons (Fsp3) is 0.458. The Hall–Kier alpha value is -2.49. The summed E-state index contributed by atoms with van der Waals surface area (Å²) in [7, 11) is 4.17. The van der Waals surface area contributed by atoms with E-state index >= 15 is 0 Å². The van der Waals surface area contributed by atoms with Crippen LogP contribution in [0.2, 0.25) is 0 Å². The highest BCUT2D eigenvalue weighted by atomic mass is 15.3. The first-order valence-electron chi connectivity index (χ1n) is 10.4. The standard InChI is InChI=1S/C24H34N4/c1-7-27(8-2)22-13-14-23(18(3)17-22)24(28-16-15-25-19(28)4)20-9-11-21(12-10-20)26(5)6/h9-14,17,24H,7-8,15-16H2,1-6H3. The van der Waals surface area contributed by atoms with Crippen molar-refractivity contribution in [2.75, 3.05) is 50.1 Å². The summed E-state index contributed by atoms with van der Waals surface area (Å²) in [5, 5.41) is 0. The monoisotopic (exact) mass is 378 g/mol. The van der Waals surface area contributed by atoms with Crippen molar-refractivity contribution < 1.29 is 0 Å². The minimum Gasteiger partial charge on any atom is -0.378 e. The summed E-state index contributed by atoms with van der Waals surface area (Å²) in [6.07, 6.45) is 0. The number of hydrogen-bond acceptors (Lipinski definition) is 4. The van der Waals surface area contributed by atoms with Gasteiger partial charge in [0.05, 0.1) is 18.4 Å². The fourth-order valence-electron chi connectivity index (χ4n) is 4.12. The van der Waals surface area contributed by atoms with Crippen LogP contribution in [0.25, 0.3) is 0 Å². The molecule has 0 spiro atoms. The molecule has 1 unspecified atom stereocenters. The van der Waals surface area contributed by atoms with Crippen molar-refractivity contribution in [3.05, 3.63) is 59.2 Å². The van der Waals surface area contributed by atoms with Gasteiger partial charge in [0.15, 0.2) is 0 Å². The maximum Gasteiger partial charge on any atom is 0.0966 e. The first-order valence-corrected chi connectivity index (χ1v) is 10.4. The zero-order valence-electron chi connectivity index (χ0n) is 18.2. The van der Waals surface area contributed by atoms with E-state index in [9.17, 15) is 0 Å². The summed E-state index contributed by atoms with van der Waals surface area (Å²) in [5.74, 6) is 1.13. The maximum absolute atomic E-state index is 4.66. The lowest BCUT2D eigenvalue weighted by Crippen LogP contribution is -2.32. The van der Waals surface area contributed by atoms with Crippen LogP contribution in [0.15, 0.2) is 47.5 Å². The van der Waals surface area contributed by atoms with E-state index in [-0.39, 0.29) is 6.04 Å². The average molecular weight is 379 g/mol. The summed E-state index contributed by atoms with van der Waals surface area (Å²) in [4.78, 5) is 11.7. The Morgan fingerprint density at radius 2 is 1.61 bits per heavy atom. The van der Waals surface area contributed by atoms with E-state index in [4.69, 9.17) is 0 Å². The molecule has 0 bridgehead atoms. The van der Waals surface area contributed by atoms with Crippen molar-refractivity contribution >= 4 is 17.2 Å². The SMILES string of the molecule is CCN(CC)c1ccc(C(c2ccc(N(C)C)cc2)N2CCN=C2C)c(C)c1. The van der Waals surface area contributed by atoms with Gasteiger partial charge >= 0.3 is 0 Å². The van der Waals surface area contributed by atoms with E-state index in [0.29, 0.717) is 0 Å². The van der Waals surface area contributed by atoms with E-state index in [0.717, 1.165) is 32.0 Å². The van der Waals surface area contributed by atoms with Gasteiger partial charge in [-0.1, -0.05) is 18.2 Å². The summed E-state index contributed by atoms with van der Waals surface area (Å²) in [5.41, 5.74) is 6.55. The molecule has 3 rings (SSSR count). The van der Waals surface area contributed by atoms with Crippen LogP contribution in [0.4, 0.5) is 11.4 Å². The number of aryl methyl sites for hydroxylation is 1. The van der Waals surface area contributed by atoms with Crippen molar-refractivity contribution in [2.45, 2.75) is 33.7 Å². The zero-order chi connectivity index (χ0) is 20.3. The van der Waals surface area contributed by atoms with E-state index in [2.05, 4.69) is 104 Å². The third-order valence-electron chi connectivity index (χ3n) is 5.81. The molecule has 0 radical (unpaired) electrons. The van der Waals surface area contributed by atoms with Gasteiger partial charge < -0.3 is 14.7 Å². The Kier molecular flexibility index (Phi) is 6.28. The lowest BCUT2D eigenvalue weighted by Gasteiger charge is -2.32. The highest BCUT2D eigenvalue weighted by Gasteiger charge is 2.27. The molecular weight excluding hydrogens is 344 g/mol. The first-order chi connectivity index (χ1) is 13.5. The lowest BCUT2D eigenvalue weighted by atomic mass is 9.92. The Morgan fingerprint density at radius 3 is 2.11 bits per heavy atom. The fourth-order valence-corrected chi connectivity index (χ4v) is 4.12. The maximum atomic E-state index is 4.66. The molecule has 1 aliphatic rings. The predicted octanol–water partition coefficient (Wildman–Crippen LogP) is 4.73. The Labute approximate surface area is 170 Å². The molecule has 0 aliphatic carbocycles. The molecular formula is C24H34N4. The quantitative estimate of drug-likeness (QED) is 0.695. The highest BCUT2D eigenvalue weighted by Crippen LogP contribution is 2.34. The van der Waals surface area contributed by atoms with Crippen LogP contribution in [0.5, 0.6) is 0 Å². The molecule has 1 aliphatic heterocycles. The van der Waals surface area contributed by atoms with E-state index in [1.54, 1.807) is 0 Å². The van der Waals surface area contributed by atoms with Crippen LogP contribution in [-0.4, -0.2) is 51.0 Å². The van der Waals surface area contributed by atoms with Crippen LogP contribution < -0.4 is 9.80 Å². The second-order valence-corrected chi connectivity index (χ2v) is 7.72. The number of rotatable bonds is 7. The van der Waals surface area contributed by atoms with Gasteiger partial charge in [-0.05, 0) is 68.7 Å².